The van der Waals surface area contributed by atoms with E-state index in [0.717, 1.165) is 0 Å². The fourth-order valence-corrected chi connectivity index (χ4v) is 1.64. The average Bonchev–Trinajstić information content (AvgIpc) is 2.48. The minimum absolute atomic E-state index is 0.0757. The van der Waals surface area contributed by atoms with Gasteiger partial charge in [-0.1, -0.05) is 6.92 Å². The number of halogens is 3. The van der Waals surface area contributed by atoms with E-state index in [-0.39, 0.29) is 5.78 Å². The molecule has 0 aliphatic heterocycles. The van der Waals surface area contributed by atoms with Gasteiger partial charge in [0, 0.05) is 24.7 Å². The topological polar surface area (TPSA) is 20.3 Å². The molecule has 0 fully saturated rings. The molecule has 0 heterocycles. The van der Waals surface area contributed by atoms with E-state index in [1.807, 2.05) is 6.92 Å². The number of hydrogen-bond acceptors (Lipinski definition) is 2. The first-order chi connectivity index (χ1) is 6.92. The fraction of sp³-hybridized carbons (Fsp3) is 0.700. The summed E-state index contributed by atoms with van der Waals surface area (Å²) in [4.78, 5) is 12.2. The second-order valence-corrected chi connectivity index (χ2v) is 3.64. The molecule has 0 aromatic heterocycles. The van der Waals surface area contributed by atoms with E-state index >= 15 is 0 Å². The highest BCUT2D eigenvalue weighted by Crippen LogP contribution is 2.24. The third kappa shape index (κ3) is 3.93. The van der Waals surface area contributed by atoms with E-state index in [0.29, 0.717) is 31.5 Å². The molecule has 0 saturated carbocycles. The molecule has 0 radical (unpaired) electrons. The van der Waals surface area contributed by atoms with Crippen LogP contribution in [0.3, 0.4) is 0 Å². The van der Waals surface area contributed by atoms with Crippen molar-refractivity contribution in [3.63, 3.8) is 0 Å². The molecule has 0 atom stereocenters. The zero-order valence-corrected chi connectivity index (χ0v) is 8.60. The van der Waals surface area contributed by atoms with E-state index in [1.165, 1.54) is 11.0 Å². The normalized spacial score (nSPS) is 16.8. The van der Waals surface area contributed by atoms with Gasteiger partial charge in [0.1, 0.15) is 6.54 Å². The van der Waals surface area contributed by atoms with E-state index in [4.69, 9.17) is 0 Å². The van der Waals surface area contributed by atoms with Gasteiger partial charge in [-0.3, -0.25) is 4.79 Å². The zero-order valence-electron chi connectivity index (χ0n) is 8.60. The van der Waals surface area contributed by atoms with Crippen LogP contribution in [-0.4, -0.2) is 29.9 Å². The van der Waals surface area contributed by atoms with Gasteiger partial charge in [-0.2, -0.15) is 13.2 Å². The number of carbonyl (C=O) groups is 1. The van der Waals surface area contributed by atoms with E-state index < -0.39 is 12.7 Å². The minimum Gasteiger partial charge on any atom is -0.366 e. The SMILES string of the molecule is CCCN(CC(F)(F)F)C1=CC(=O)CC1. The second kappa shape index (κ2) is 4.68. The summed E-state index contributed by atoms with van der Waals surface area (Å²) in [6.45, 7) is 1.21. The predicted molar refractivity (Wildman–Crippen MR) is 50.2 cm³/mol. The Morgan fingerprint density at radius 2 is 2.07 bits per heavy atom. The van der Waals surface area contributed by atoms with Gasteiger partial charge in [-0.15, -0.1) is 0 Å². The molecule has 1 rings (SSSR count). The van der Waals surface area contributed by atoms with E-state index in [9.17, 15) is 18.0 Å². The molecule has 0 unspecified atom stereocenters. The molecule has 0 aromatic rings. The summed E-state index contributed by atoms with van der Waals surface area (Å²) in [6.07, 6.45) is -1.45. The van der Waals surface area contributed by atoms with Crippen LogP contribution in [0.4, 0.5) is 13.2 Å². The van der Waals surface area contributed by atoms with Crippen molar-refractivity contribution in [3.8, 4) is 0 Å². The lowest BCUT2D eigenvalue weighted by atomic mass is 10.3. The van der Waals surface area contributed by atoms with Crippen molar-refractivity contribution in [2.45, 2.75) is 32.4 Å². The minimum atomic E-state index is -4.21. The molecule has 0 aromatic carbocycles. The maximum absolute atomic E-state index is 12.2. The van der Waals surface area contributed by atoms with Crippen LogP contribution in [0.2, 0.25) is 0 Å². The first-order valence-corrected chi connectivity index (χ1v) is 4.97. The van der Waals surface area contributed by atoms with Gasteiger partial charge in [-0.25, -0.2) is 0 Å². The Hall–Kier alpha value is -1.00. The zero-order chi connectivity index (χ0) is 11.5. The number of hydrogen-bond donors (Lipinski definition) is 0. The number of ketones is 1. The molecule has 0 spiro atoms. The highest BCUT2D eigenvalue weighted by molar-refractivity contribution is 5.92. The summed E-state index contributed by atoms with van der Waals surface area (Å²) in [7, 11) is 0. The molecule has 1 aliphatic rings. The Morgan fingerprint density at radius 3 is 2.47 bits per heavy atom. The fourth-order valence-electron chi connectivity index (χ4n) is 1.64. The largest absolute Gasteiger partial charge is 0.405 e. The van der Waals surface area contributed by atoms with Gasteiger partial charge in [-0.05, 0) is 12.8 Å². The third-order valence-corrected chi connectivity index (χ3v) is 2.22. The van der Waals surface area contributed by atoms with Gasteiger partial charge in [0.2, 0.25) is 0 Å². The average molecular weight is 221 g/mol. The molecule has 0 bridgehead atoms. The molecule has 0 N–H and O–H groups in total. The van der Waals surface area contributed by atoms with Crippen LogP contribution >= 0.6 is 0 Å². The lowest BCUT2D eigenvalue weighted by Crippen LogP contribution is -2.33. The molecule has 0 saturated heterocycles. The van der Waals surface area contributed by atoms with Crippen molar-refractivity contribution in [2.75, 3.05) is 13.1 Å². The van der Waals surface area contributed by atoms with Crippen molar-refractivity contribution in [1.82, 2.24) is 4.90 Å². The highest BCUT2D eigenvalue weighted by Gasteiger charge is 2.32. The summed E-state index contributed by atoms with van der Waals surface area (Å²) in [5, 5.41) is 0. The van der Waals surface area contributed by atoms with Crippen LogP contribution in [0, 0.1) is 0 Å². The Labute approximate surface area is 86.7 Å². The van der Waals surface area contributed by atoms with Gasteiger partial charge < -0.3 is 4.90 Å². The van der Waals surface area contributed by atoms with Gasteiger partial charge in [0.15, 0.2) is 5.78 Å². The number of carbonyl (C=O) groups excluding carboxylic acids is 1. The molecule has 15 heavy (non-hydrogen) atoms. The monoisotopic (exact) mass is 221 g/mol. The van der Waals surface area contributed by atoms with Crippen molar-refractivity contribution in [2.24, 2.45) is 0 Å². The van der Waals surface area contributed by atoms with Crippen molar-refractivity contribution in [1.29, 1.82) is 0 Å². The molecule has 1 aliphatic carbocycles. The molecule has 5 heteroatoms. The van der Waals surface area contributed by atoms with Crippen molar-refractivity contribution < 1.29 is 18.0 Å². The third-order valence-electron chi connectivity index (χ3n) is 2.22. The number of nitrogens with zero attached hydrogens (tertiary/aromatic N) is 1. The summed E-state index contributed by atoms with van der Waals surface area (Å²) in [5.41, 5.74) is 0.527. The van der Waals surface area contributed by atoms with Crippen molar-refractivity contribution in [3.05, 3.63) is 11.8 Å². The predicted octanol–water partition coefficient (Wildman–Crippen LogP) is 2.51. The number of rotatable bonds is 4. The smallest absolute Gasteiger partial charge is 0.366 e. The molecule has 86 valence electrons. The second-order valence-electron chi connectivity index (χ2n) is 3.64. The Kier molecular flexibility index (Phi) is 3.77. The first-order valence-electron chi connectivity index (χ1n) is 4.97. The number of allylic oxidation sites excluding steroid dienone is 2. The maximum Gasteiger partial charge on any atom is 0.405 e. The lowest BCUT2D eigenvalue weighted by molar-refractivity contribution is -0.142. The Morgan fingerprint density at radius 1 is 1.40 bits per heavy atom. The standard InChI is InChI=1S/C10H14F3NO/c1-2-5-14(7-10(11,12)13)8-3-4-9(15)6-8/h6H,2-5,7H2,1H3. The Bertz CT molecular complexity index is 270. The van der Waals surface area contributed by atoms with Crippen LogP contribution < -0.4 is 0 Å². The highest BCUT2D eigenvalue weighted by atomic mass is 19.4. The summed E-state index contributed by atoms with van der Waals surface area (Å²) in [6, 6.07) is 0. The van der Waals surface area contributed by atoms with Gasteiger partial charge >= 0.3 is 6.18 Å². The summed E-state index contributed by atoms with van der Waals surface area (Å²) >= 11 is 0. The summed E-state index contributed by atoms with van der Waals surface area (Å²) < 4.78 is 36.7. The van der Waals surface area contributed by atoms with Crippen LogP contribution in [0.5, 0.6) is 0 Å². The van der Waals surface area contributed by atoms with Crippen molar-refractivity contribution >= 4 is 5.78 Å². The molecular formula is C10H14F3NO. The molecule has 2 nitrogen and oxygen atoms in total. The Balaban J connectivity index is 2.65. The van der Waals surface area contributed by atoms with Crippen LogP contribution in [0.25, 0.3) is 0 Å². The molecular weight excluding hydrogens is 207 g/mol. The maximum atomic E-state index is 12.2. The van der Waals surface area contributed by atoms with Gasteiger partial charge in [0.25, 0.3) is 0 Å². The van der Waals surface area contributed by atoms with E-state index in [1.54, 1.807) is 0 Å². The quantitative estimate of drug-likeness (QED) is 0.727. The van der Waals surface area contributed by atoms with Gasteiger partial charge in [0.05, 0.1) is 0 Å². The summed E-state index contributed by atoms with van der Waals surface area (Å²) in [5.74, 6) is -0.0757. The first kappa shape index (κ1) is 12.1. The van der Waals surface area contributed by atoms with Crippen LogP contribution in [0.15, 0.2) is 11.8 Å². The molecule has 0 amide bonds. The number of alkyl halides is 3. The van der Waals surface area contributed by atoms with E-state index in [2.05, 4.69) is 0 Å². The lowest BCUT2D eigenvalue weighted by Gasteiger charge is -2.26. The van der Waals surface area contributed by atoms with Crippen LogP contribution in [0.1, 0.15) is 26.2 Å². The van der Waals surface area contributed by atoms with Crippen LogP contribution in [-0.2, 0) is 4.79 Å².